The molecule has 0 saturated heterocycles. The van der Waals surface area contributed by atoms with E-state index in [1.165, 1.54) is 19.2 Å². The van der Waals surface area contributed by atoms with Crippen LogP contribution in [0.5, 0.6) is 5.75 Å². The van der Waals surface area contributed by atoms with Gasteiger partial charge in [0.05, 0.1) is 30.7 Å². The third-order valence-electron chi connectivity index (χ3n) is 4.20. The highest BCUT2D eigenvalue weighted by atomic mass is 35.5. The van der Waals surface area contributed by atoms with Gasteiger partial charge in [0, 0.05) is 0 Å². The van der Waals surface area contributed by atoms with Gasteiger partial charge in [-0.15, -0.1) is 0 Å². The fourth-order valence-electron chi connectivity index (χ4n) is 2.83. The zero-order valence-corrected chi connectivity index (χ0v) is 16.7. The van der Waals surface area contributed by atoms with Crippen molar-refractivity contribution in [1.82, 2.24) is 0 Å². The van der Waals surface area contributed by atoms with E-state index in [0.717, 1.165) is 4.90 Å². The Morgan fingerprint density at radius 1 is 1.07 bits per heavy atom. The molecule has 1 N–H and O–H groups in total. The molecule has 0 aliphatic carbocycles. The quantitative estimate of drug-likeness (QED) is 0.549. The first-order valence-corrected chi connectivity index (χ1v) is 9.32. The Bertz CT molecular complexity index is 1000. The highest BCUT2D eigenvalue weighted by Crippen LogP contribution is 2.34. The van der Waals surface area contributed by atoms with Gasteiger partial charge in [-0.3, -0.25) is 9.59 Å². The molecule has 1 heterocycles. The summed E-state index contributed by atoms with van der Waals surface area (Å²) in [5.74, 6) is -1.55. The van der Waals surface area contributed by atoms with Gasteiger partial charge in [-0.25, -0.2) is 9.69 Å². The molecule has 0 saturated carbocycles. The van der Waals surface area contributed by atoms with Crippen molar-refractivity contribution in [2.24, 2.45) is 0 Å². The summed E-state index contributed by atoms with van der Waals surface area (Å²) < 4.78 is 10.4. The highest BCUT2D eigenvalue weighted by Gasteiger charge is 2.40. The Balaban J connectivity index is 1.94. The molecule has 29 heavy (non-hydrogen) atoms. The SMILES string of the molecule is CCCOC(=O)c1ccccc1N1C(=O)C(Cl)=C(Nc2ccccc2OC)C1=O. The van der Waals surface area contributed by atoms with Crippen molar-refractivity contribution in [1.29, 1.82) is 0 Å². The summed E-state index contributed by atoms with van der Waals surface area (Å²) in [5.41, 5.74) is 0.587. The third kappa shape index (κ3) is 3.95. The molecule has 0 atom stereocenters. The van der Waals surface area contributed by atoms with Crippen molar-refractivity contribution in [3.8, 4) is 5.75 Å². The Labute approximate surface area is 172 Å². The molecular formula is C21H19ClN2O5. The molecule has 2 aromatic carbocycles. The van der Waals surface area contributed by atoms with Gasteiger partial charge < -0.3 is 14.8 Å². The smallest absolute Gasteiger partial charge is 0.340 e. The van der Waals surface area contributed by atoms with Crippen molar-refractivity contribution in [2.75, 3.05) is 23.9 Å². The first-order chi connectivity index (χ1) is 14.0. The molecule has 0 spiro atoms. The Kier molecular flexibility index (Phi) is 6.19. The van der Waals surface area contributed by atoms with Gasteiger partial charge in [0.25, 0.3) is 11.8 Å². The van der Waals surface area contributed by atoms with Gasteiger partial charge in [0.1, 0.15) is 16.5 Å². The van der Waals surface area contributed by atoms with E-state index in [0.29, 0.717) is 17.9 Å². The number of imide groups is 1. The van der Waals surface area contributed by atoms with E-state index in [1.807, 2.05) is 6.92 Å². The zero-order chi connectivity index (χ0) is 21.0. The Hall–Kier alpha value is -3.32. The number of benzene rings is 2. The lowest BCUT2D eigenvalue weighted by atomic mass is 10.1. The summed E-state index contributed by atoms with van der Waals surface area (Å²) in [6, 6.07) is 13.1. The second-order valence-electron chi connectivity index (χ2n) is 6.11. The number of rotatable bonds is 7. The lowest BCUT2D eigenvalue weighted by Crippen LogP contribution is -2.33. The van der Waals surface area contributed by atoms with Crippen LogP contribution in [0, 0.1) is 0 Å². The number of para-hydroxylation sites is 3. The van der Waals surface area contributed by atoms with E-state index < -0.39 is 17.8 Å². The monoisotopic (exact) mass is 414 g/mol. The molecule has 2 aromatic rings. The number of nitrogens with one attached hydrogen (secondary N) is 1. The van der Waals surface area contributed by atoms with Crippen LogP contribution in [0.25, 0.3) is 0 Å². The van der Waals surface area contributed by atoms with Gasteiger partial charge in [-0.2, -0.15) is 0 Å². The molecule has 0 bridgehead atoms. The number of halogens is 1. The number of esters is 1. The summed E-state index contributed by atoms with van der Waals surface area (Å²) in [4.78, 5) is 39.0. The van der Waals surface area contributed by atoms with Gasteiger partial charge >= 0.3 is 5.97 Å². The van der Waals surface area contributed by atoms with Crippen LogP contribution in [-0.4, -0.2) is 31.5 Å². The molecule has 0 radical (unpaired) electrons. The van der Waals surface area contributed by atoms with Crippen LogP contribution in [-0.2, 0) is 14.3 Å². The van der Waals surface area contributed by atoms with Crippen LogP contribution in [0.4, 0.5) is 11.4 Å². The molecule has 0 aromatic heterocycles. The minimum Gasteiger partial charge on any atom is -0.495 e. The molecular weight excluding hydrogens is 396 g/mol. The van der Waals surface area contributed by atoms with Crippen LogP contribution in [0.1, 0.15) is 23.7 Å². The van der Waals surface area contributed by atoms with E-state index in [-0.39, 0.29) is 28.6 Å². The number of nitrogens with zero attached hydrogens (tertiary/aromatic N) is 1. The first kappa shape index (κ1) is 20.4. The minimum absolute atomic E-state index is 0.0992. The number of carbonyl (C=O) groups is 3. The summed E-state index contributed by atoms with van der Waals surface area (Å²) >= 11 is 6.18. The Morgan fingerprint density at radius 3 is 2.48 bits per heavy atom. The van der Waals surface area contributed by atoms with Gasteiger partial charge in [0.2, 0.25) is 0 Å². The maximum atomic E-state index is 13.0. The average molecular weight is 415 g/mol. The Morgan fingerprint density at radius 2 is 1.76 bits per heavy atom. The normalized spacial score (nSPS) is 13.7. The maximum absolute atomic E-state index is 13.0. The standard InChI is InChI=1S/C21H19ClN2O5/c1-3-12-29-21(27)13-8-4-6-10-15(13)24-19(25)17(22)18(20(24)26)23-14-9-5-7-11-16(14)28-2/h4-11,23H,3,12H2,1-2H3. The number of hydrogen-bond acceptors (Lipinski definition) is 6. The summed E-state index contributed by atoms with van der Waals surface area (Å²) in [5, 5.41) is 2.59. The molecule has 1 aliphatic rings. The number of hydrogen-bond donors (Lipinski definition) is 1. The predicted octanol–water partition coefficient (Wildman–Crippen LogP) is 3.70. The molecule has 1 aliphatic heterocycles. The maximum Gasteiger partial charge on any atom is 0.340 e. The van der Waals surface area contributed by atoms with Crippen LogP contribution in [0.2, 0.25) is 0 Å². The molecule has 150 valence electrons. The number of anilines is 2. The molecule has 8 heteroatoms. The van der Waals surface area contributed by atoms with Crippen molar-refractivity contribution >= 4 is 40.8 Å². The van der Waals surface area contributed by atoms with E-state index in [9.17, 15) is 14.4 Å². The summed E-state index contributed by atoms with van der Waals surface area (Å²) in [7, 11) is 1.49. The van der Waals surface area contributed by atoms with E-state index in [4.69, 9.17) is 21.1 Å². The molecule has 0 fully saturated rings. The van der Waals surface area contributed by atoms with Crippen molar-refractivity contribution in [2.45, 2.75) is 13.3 Å². The molecule has 2 amide bonds. The highest BCUT2D eigenvalue weighted by molar-refractivity contribution is 6.53. The summed E-state index contributed by atoms with van der Waals surface area (Å²) in [6.45, 7) is 2.10. The number of ether oxygens (including phenoxy) is 2. The van der Waals surface area contributed by atoms with Crippen molar-refractivity contribution in [3.63, 3.8) is 0 Å². The van der Waals surface area contributed by atoms with Crippen molar-refractivity contribution in [3.05, 3.63) is 64.8 Å². The fraction of sp³-hybridized carbons (Fsp3) is 0.190. The van der Waals surface area contributed by atoms with Gasteiger partial charge in [0.15, 0.2) is 0 Å². The van der Waals surface area contributed by atoms with Crippen molar-refractivity contribution < 1.29 is 23.9 Å². The average Bonchev–Trinajstić information content (AvgIpc) is 2.95. The van der Waals surface area contributed by atoms with E-state index in [2.05, 4.69) is 5.32 Å². The van der Waals surface area contributed by atoms with Crippen LogP contribution >= 0.6 is 11.6 Å². The van der Waals surface area contributed by atoms with Crippen LogP contribution in [0.3, 0.4) is 0 Å². The lowest BCUT2D eigenvalue weighted by molar-refractivity contribution is -0.120. The zero-order valence-electron chi connectivity index (χ0n) is 15.9. The lowest BCUT2D eigenvalue weighted by Gasteiger charge is -2.18. The molecule has 3 rings (SSSR count). The van der Waals surface area contributed by atoms with Crippen LogP contribution in [0.15, 0.2) is 59.3 Å². The first-order valence-electron chi connectivity index (χ1n) is 8.94. The number of methoxy groups -OCH3 is 1. The van der Waals surface area contributed by atoms with Gasteiger partial charge in [-0.1, -0.05) is 42.8 Å². The second-order valence-corrected chi connectivity index (χ2v) is 6.49. The van der Waals surface area contributed by atoms with E-state index in [1.54, 1.807) is 36.4 Å². The van der Waals surface area contributed by atoms with Crippen LogP contribution < -0.4 is 15.0 Å². The number of amides is 2. The number of carbonyl (C=O) groups excluding carboxylic acids is 3. The predicted molar refractivity (Wildman–Crippen MR) is 109 cm³/mol. The van der Waals surface area contributed by atoms with E-state index >= 15 is 0 Å². The second kappa shape index (κ2) is 8.79. The third-order valence-corrected chi connectivity index (χ3v) is 4.55. The minimum atomic E-state index is -0.732. The fourth-order valence-corrected chi connectivity index (χ4v) is 3.04. The topological polar surface area (TPSA) is 84.9 Å². The largest absolute Gasteiger partial charge is 0.495 e. The molecule has 7 nitrogen and oxygen atoms in total. The van der Waals surface area contributed by atoms with Gasteiger partial charge in [-0.05, 0) is 30.7 Å². The molecule has 0 unspecified atom stereocenters. The summed E-state index contributed by atoms with van der Waals surface area (Å²) in [6.07, 6.45) is 0.649.